The number of hydrogen-bond acceptors (Lipinski definition) is 2. The number of aliphatic hydroxyl groups is 1. The lowest BCUT2D eigenvalue weighted by atomic mass is 10.1. The second-order valence-electron chi connectivity index (χ2n) is 4.84. The van der Waals surface area contributed by atoms with Crippen molar-refractivity contribution in [3.8, 4) is 0 Å². The standard InChI is InChI=1S/C15H28O3/c1-2-11-14(16)12-9-7-5-3-4-6-8-10-13-15(17)18/h3-4,14,16H,2,5-13H2,1H3,(H,17,18)/b4-3-. The molecule has 0 aromatic heterocycles. The molecule has 0 bridgehead atoms. The van der Waals surface area contributed by atoms with Crippen LogP contribution in [-0.4, -0.2) is 22.3 Å². The molecule has 2 N–H and O–H groups in total. The summed E-state index contributed by atoms with van der Waals surface area (Å²) in [6, 6.07) is 0. The van der Waals surface area contributed by atoms with Gasteiger partial charge in [0.2, 0.25) is 0 Å². The second-order valence-corrected chi connectivity index (χ2v) is 4.84. The third kappa shape index (κ3) is 13.2. The van der Waals surface area contributed by atoms with Gasteiger partial charge in [0.05, 0.1) is 6.10 Å². The molecule has 0 saturated heterocycles. The first-order chi connectivity index (χ1) is 8.66. The van der Waals surface area contributed by atoms with Gasteiger partial charge in [0, 0.05) is 6.42 Å². The van der Waals surface area contributed by atoms with Gasteiger partial charge in [-0.1, -0.05) is 31.9 Å². The largest absolute Gasteiger partial charge is 0.481 e. The maximum atomic E-state index is 10.3. The average molecular weight is 256 g/mol. The van der Waals surface area contributed by atoms with Crippen LogP contribution in [0.15, 0.2) is 12.2 Å². The summed E-state index contributed by atoms with van der Waals surface area (Å²) in [5, 5.41) is 18.0. The van der Waals surface area contributed by atoms with Crippen molar-refractivity contribution in [3.05, 3.63) is 12.2 Å². The van der Waals surface area contributed by atoms with Crippen LogP contribution in [0.5, 0.6) is 0 Å². The lowest BCUT2D eigenvalue weighted by Gasteiger charge is -2.07. The van der Waals surface area contributed by atoms with E-state index in [-0.39, 0.29) is 12.5 Å². The van der Waals surface area contributed by atoms with Crippen molar-refractivity contribution in [1.82, 2.24) is 0 Å². The zero-order chi connectivity index (χ0) is 13.6. The lowest BCUT2D eigenvalue weighted by molar-refractivity contribution is -0.137. The third-order valence-corrected chi connectivity index (χ3v) is 2.96. The van der Waals surface area contributed by atoms with Gasteiger partial charge in [0.25, 0.3) is 0 Å². The minimum Gasteiger partial charge on any atom is -0.481 e. The van der Waals surface area contributed by atoms with Crippen molar-refractivity contribution in [2.75, 3.05) is 0 Å². The van der Waals surface area contributed by atoms with Crippen LogP contribution in [0.3, 0.4) is 0 Å². The van der Waals surface area contributed by atoms with Gasteiger partial charge in [-0.05, 0) is 44.9 Å². The Kier molecular flexibility index (Phi) is 12.0. The Balaban J connectivity index is 3.20. The van der Waals surface area contributed by atoms with Gasteiger partial charge in [0.15, 0.2) is 0 Å². The van der Waals surface area contributed by atoms with Crippen LogP contribution in [0.25, 0.3) is 0 Å². The summed E-state index contributed by atoms with van der Waals surface area (Å²) in [6.07, 6.45) is 13.4. The number of allylic oxidation sites excluding steroid dienone is 2. The van der Waals surface area contributed by atoms with Crippen molar-refractivity contribution in [2.24, 2.45) is 0 Å². The summed E-state index contributed by atoms with van der Waals surface area (Å²) >= 11 is 0. The molecule has 1 atom stereocenters. The summed E-state index contributed by atoms with van der Waals surface area (Å²) < 4.78 is 0. The first-order valence-corrected chi connectivity index (χ1v) is 7.21. The monoisotopic (exact) mass is 256 g/mol. The molecule has 3 heteroatoms. The van der Waals surface area contributed by atoms with Crippen LogP contribution in [0.1, 0.15) is 71.1 Å². The van der Waals surface area contributed by atoms with E-state index in [1.165, 1.54) is 0 Å². The summed E-state index contributed by atoms with van der Waals surface area (Å²) in [5.41, 5.74) is 0. The van der Waals surface area contributed by atoms with E-state index in [1.807, 2.05) is 0 Å². The molecule has 1 unspecified atom stereocenters. The average Bonchev–Trinajstić information content (AvgIpc) is 2.31. The molecule has 18 heavy (non-hydrogen) atoms. The molecule has 0 saturated carbocycles. The Morgan fingerprint density at radius 2 is 1.67 bits per heavy atom. The lowest BCUT2D eigenvalue weighted by Crippen LogP contribution is -2.04. The van der Waals surface area contributed by atoms with Gasteiger partial charge >= 0.3 is 5.97 Å². The molecule has 0 rings (SSSR count). The number of carbonyl (C=O) groups is 1. The fourth-order valence-corrected chi connectivity index (χ4v) is 1.89. The molecule has 0 aromatic rings. The van der Waals surface area contributed by atoms with Gasteiger partial charge in [-0.2, -0.15) is 0 Å². The molecule has 0 aliphatic rings. The Bertz CT molecular complexity index is 224. The van der Waals surface area contributed by atoms with E-state index in [4.69, 9.17) is 5.11 Å². The molecule has 0 aromatic carbocycles. The van der Waals surface area contributed by atoms with Crippen LogP contribution in [0, 0.1) is 0 Å². The number of carboxylic acids is 1. The molecule has 0 heterocycles. The van der Waals surface area contributed by atoms with Crippen molar-refractivity contribution in [2.45, 2.75) is 77.2 Å². The van der Waals surface area contributed by atoms with Crippen LogP contribution >= 0.6 is 0 Å². The van der Waals surface area contributed by atoms with Gasteiger partial charge in [0.1, 0.15) is 0 Å². The fraction of sp³-hybridized carbons (Fsp3) is 0.800. The SMILES string of the molecule is CCCC(O)CCCC/C=C\CCCCC(=O)O. The number of aliphatic hydroxyl groups excluding tert-OH is 1. The quantitative estimate of drug-likeness (QED) is 0.411. The van der Waals surface area contributed by atoms with Gasteiger partial charge in [-0.15, -0.1) is 0 Å². The van der Waals surface area contributed by atoms with Crippen molar-refractivity contribution in [3.63, 3.8) is 0 Å². The van der Waals surface area contributed by atoms with E-state index < -0.39 is 5.97 Å². The highest BCUT2D eigenvalue weighted by atomic mass is 16.4. The van der Waals surface area contributed by atoms with Crippen LogP contribution in [0.4, 0.5) is 0 Å². The van der Waals surface area contributed by atoms with E-state index in [2.05, 4.69) is 19.1 Å². The first kappa shape index (κ1) is 17.2. The maximum Gasteiger partial charge on any atom is 0.303 e. The Morgan fingerprint density at radius 3 is 2.22 bits per heavy atom. The van der Waals surface area contributed by atoms with Crippen molar-refractivity contribution >= 4 is 5.97 Å². The summed E-state index contributed by atoms with van der Waals surface area (Å²) in [5.74, 6) is -0.704. The number of carboxylic acid groups (broad SMARTS) is 1. The van der Waals surface area contributed by atoms with E-state index in [1.54, 1.807) is 0 Å². The van der Waals surface area contributed by atoms with Gasteiger partial charge in [-0.3, -0.25) is 4.79 Å². The van der Waals surface area contributed by atoms with Crippen LogP contribution in [-0.2, 0) is 4.79 Å². The van der Waals surface area contributed by atoms with Gasteiger partial charge < -0.3 is 10.2 Å². The smallest absolute Gasteiger partial charge is 0.303 e. The molecule has 0 amide bonds. The van der Waals surface area contributed by atoms with Crippen LogP contribution in [0.2, 0.25) is 0 Å². The number of unbranched alkanes of at least 4 members (excludes halogenated alkanes) is 4. The molecule has 106 valence electrons. The fourth-order valence-electron chi connectivity index (χ4n) is 1.89. The van der Waals surface area contributed by atoms with Gasteiger partial charge in [-0.25, -0.2) is 0 Å². The number of aliphatic carboxylic acids is 1. The summed E-state index contributed by atoms with van der Waals surface area (Å²) in [6.45, 7) is 2.09. The minimum atomic E-state index is -0.704. The highest BCUT2D eigenvalue weighted by Gasteiger charge is 2.00. The zero-order valence-electron chi connectivity index (χ0n) is 11.6. The second kappa shape index (κ2) is 12.6. The highest BCUT2D eigenvalue weighted by Crippen LogP contribution is 2.09. The highest BCUT2D eigenvalue weighted by molar-refractivity contribution is 5.66. The first-order valence-electron chi connectivity index (χ1n) is 7.21. The normalized spacial score (nSPS) is 13.0. The minimum absolute atomic E-state index is 0.116. The molecule has 0 spiro atoms. The van der Waals surface area contributed by atoms with Crippen molar-refractivity contribution in [1.29, 1.82) is 0 Å². The predicted octanol–water partition coefficient (Wildman–Crippen LogP) is 3.91. The molecule has 0 aliphatic heterocycles. The van der Waals surface area contributed by atoms with E-state index in [0.717, 1.165) is 57.8 Å². The summed E-state index contributed by atoms with van der Waals surface area (Å²) in [7, 11) is 0. The molecular weight excluding hydrogens is 228 g/mol. The zero-order valence-corrected chi connectivity index (χ0v) is 11.6. The molecule has 3 nitrogen and oxygen atoms in total. The molecular formula is C15H28O3. The number of hydrogen-bond donors (Lipinski definition) is 2. The topological polar surface area (TPSA) is 57.5 Å². The Morgan fingerprint density at radius 1 is 1.06 bits per heavy atom. The molecule has 0 aliphatic carbocycles. The van der Waals surface area contributed by atoms with Crippen molar-refractivity contribution < 1.29 is 15.0 Å². The third-order valence-electron chi connectivity index (χ3n) is 2.96. The summed E-state index contributed by atoms with van der Waals surface area (Å²) in [4.78, 5) is 10.3. The Hall–Kier alpha value is -0.830. The molecule has 0 radical (unpaired) electrons. The van der Waals surface area contributed by atoms with E-state index >= 15 is 0 Å². The van der Waals surface area contributed by atoms with Crippen LogP contribution < -0.4 is 0 Å². The maximum absolute atomic E-state index is 10.3. The Labute approximate surface area is 111 Å². The molecule has 0 fully saturated rings. The van der Waals surface area contributed by atoms with E-state index in [0.29, 0.717) is 0 Å². The number of rotatable bonds is 12. The van der Waals surface area contributed by atoms with E-state index in [9.17, 15) is 9.90 Å². The predicted molar refractivity (Wildman–Crippen MR) is 74.6 cm³/mol.